The van der Waals surface area contributed by atoms with Crippen molar-refractivity contribution in [1.82, 2.24) is 0 Å². The number of benzene rings is 3. The van der Waals surface area contributed by atoms with E-state index in [9.17, 15) is 5.11 Å². The fraction of sp³-hybridized carbons (Fsp3) is 0.176. The number of rotatable bonds is 3. The lowest BCUT2D eigenvalue weighted by atomic mass is 10.0. The number of aromatic hydroxyl groups is 1. The first-order chi connectivity index (χ1) is 9.84. The lowest BCUT2D eigenvalue weighted by molar-refractivity contribution is 0.267. The van der Waals surface area contributed by atoms with Crippen LogP contribution in [0.15, 0.2) is 48.5 Å². The third-order valence-electron chi connectivity index (χ3n) is 3.67. The smallest absolute Gasteiger partial charge is 0.135 e. The summed E-state index contributed by atoms with van der Waals surface area (Å²) in [7, 11) is 0. The molecule has 1 atom stereocenters. The molecule has 1 aliphatic rings. The molecule has 1 saturated heterocycles. The van der Waals surface area contributed by atoms with Crippen molar-refractivity contribution in [3.63, 3.8) is 0 Å². The summed E-state index contributed by atoms with van der Waals surface area (Å²) in [5.74, 6) is 1.13. The molecule has 4 rings (SSSR count). The van der Waals surface area contributed by atoms with E-state index in [1.807, 2.05) is 48.5 Å². The maximum absolute atomic E-state index is 10.4. The van der Waals surface area contributed by atoms with Crippen LogP contribution >= 0.6 is 0 Å². The molecule has 0 aliphatic carbocycles. The van der Waals surface area contributed by atoms with E-state index in [1.54, 1.807) is 0 Å². The van der Waals surface area contributed by atoms with Crippen molar-refractivity contribution in [2.75, 3.05) is 13.2 Å². The average molecular weight is 266 g/mol. The van der Waals surface area contributed by atoms with Crippen LogP contribution in [0, 0.1) is 0 Å². The van der Waals surface area contributed by atoms with Gasteiger partial charge in [0.15, 0.2) is 0 Å². The minimum absolute atomic E-state index is 0.210. The van der Waals surface area contributed by atoms with Gasteiger partial charge in [0.25, 0.3) is 0 Å². The molecule has 20 heavy (non-hydrogen) atoms. The van der Waals surface area contributed by atoms with E-state index >= 15 is 0 Å². The molecule has 0 saturated carbocycles. The van der Waals surface area contributed by atoms with Crippen molar-refractivity contribution >= 4 is 21.5 Å². The summed E-state index contributed by atoms with van der Waals surface area (Å²) in [4.78, 5) is 0. The van der Waals surface area contributed by atoms with Gasteiger partial charge in [0.1, 0.15) is 24.2 Å². The average Bonchev–Trinajstić information content (AvgIpc) is 3.32. The Balaban J connectivity index is 2.01. The Morgan fingerprint density at radius 2 is 1.45 bits per heavy atom. The molecule has 0 spiro atoms. The second kappa shape index (κ2) is 4.39. The number of fused-ring (bicyclic) bond motifs is 2. The van der Waals surface area contributed by atoms with Crippen molar-refractivity contribution < 1.29 is 14.6 Å². The quantitative estimate of drug-likeness (QED) is 0.583. The zero-order chi connectivity index (χ0) is 13.5. The highest BCUT2D eigenvalue weighted by Crippen LogP contribution is 2.41. The highest BCUT2D eigenvalue weighted by molar-refractivity contribution is 6.10. The van der Waals surface area contributed by atoms with Gasteiger partial charge in [-0.15, -0.1) is 0 Å². The largest absolute Gasteiger partial charge is 0.507 e. The Bertz CT molecular complexity index is 734. The van der Waals surface area contributed by atoms with Gasteiger partial charge in [-0.05, 0) is 0 Å². The van der Waals surface area contributed by atoms with Gasteiger partial charge in [-0.25, -0.2) is 0 Å². The van der Waals surface area contributed by atoms with E-state index in [0.717, 1.165) is 33.9 Å². The predicted octanol–water partition coefficient (Wildman–Crippen LogP) is 3.48. The van der Waals surface area contributed by atoms with E-state index in [0.29, 0.717) is 12.4 Å². The molecule has 1 aliphatic heterocycles. The number of phenols is 1. The van der Waals surface area contributed by atoms with Crippen molar-refractivity contribution in [1.29, 1.82) is 0 Å². The molecule has 1 heterocycles. The van der Waals surface area contributed by atoms with Gasteiger partial charge in [-0.3, -0.25) is 0 Å². The zero-order valence-corrected chi connectivity index (χ0v) is 10.9. The van der Waals surface area contributed by atoms with E-state index in [2.05, 4.69) is 0 Å². The van der Waals surface area contributed by atoms with Gasteiger partial charge in [-0.1, -0.05) is 48.5 Å². The van der Waals surface area contributed by atoms with E-state index in [-0.39, 0.29) is 6.10 Å². The molecule has 0 radical (unpaired) electrons. The molecule has 0 amide bonds. The summed E-state index contributed by atoms with van der Waals surface area (Å²) in [6.07, 6.45) is 0.210. The van der Waals surface area contributed by atoms with Crippen LogP contribution in [0.2, 0.25) is 0 Å². The van der Waals surface area contributed by atoms with E-state index in [1.165, 1.54) is 0 Å². The molecule has 0 bridgehead atoms. The van der Waals surface area contributed by atoms with Crippen molar-refractivity contribution in [3.05, 3.63) is 48.5 Å². The summed E-state index contributed by atoms with van der Waals surface area (Å²) < 4.78 is 11.2. The molecule has 1 fully saturated rings. The summed E-state index contributed by atoms with van der Waals surface area (Å²) in [5.41, 5.74) is 0. The zero-order valence-electron chi connectivity index (χ0n) is 10.9. The minimum atomic E-state index is 0.210. The predicted molar refractivity (Wildman–Crippen MR) is 78.4 cm³/mol. The Hall–Kier alpha value is -2.26. The fourth-order valence-corrected chi connectivity index (χ4v) is 2.56. The lowest BCUT2D eigenvalue weighted by Crippen LogP contribution is -2.04. The topological polar surface area (TPSA) is 42.0 Å². The van der Waals surface area contributed by atoms with Crippen LogP contribution in [0.5, 0.6) is 11.5 Å². The molecule has 1 N–H and O–H groups in total. The third kappa shape index (κ3) is 1.79. The second-order valence-corrected chi connectivity index (χ2v) is 5.04. The fourth-order valence-electron chi connectivity index (χ4n) is 2.56. The number of phenolic OH excluding ortho intramolecular Hbond substituents is 1. The third-order valence-corrected chi connectivity index (χ3v) is 3.67. The molecule has 0 aromatic heterocycles. The van der Waals surface area contributed by atoms with Crippen LogP contribution < -0.4 is 4.74 Å². The van der Waals surface area contributed by atoms with Gasteiger partial charge < -0.3 is 14.6 Å². The van der Waals surface area contributed by atoms with E-state index < -0.39 is 0 Å². The van der Waals surface area contributed by atoms with E-state index in [4.69, 9.17) is 9.47 Å². The van der Waals surface area contributed by atoms with Gasteiger partial charge in [-0.2, -0.15) is 0 Å². The maximum atomic E-state index is 10.4. The maximum Gasteiger partial charge on any atom is 0.135 e. The first-order valence-electron chi connectivity index (χ1n) is 6.71. The van der Waals surface area contributed by atoms with Crippen LogP contribution in [0.3, 0.4) is 0 Å². The molecule has 3 aromatic carbocycles. The van der Waals surface area contributed by atoms with Crippen molar-refractivity contribution in [2.24, 2.45) is 0 Å². The Morgan fingerprint density at radius 3 is 1.95 bits per heavy atom. The van der Waals surface area contributed by atoms with Gasteiger partial charge >= 0.3 is 0 Å². The summed E-state index contributed by atoms with van der Waals surface area (Å²) in [5, 5.41) is 13.9. The van der Waals surface area contributed by atoms with Gasteiger partial charge in [0.05, 0.1) is 6.61 Å². The molecule has 3 heteroatoms. The normalized spacial score (nSPS) is 17.5. The molecule has 3 aromatic rings. The minimum Gasteiger partial charge on any atom is -0.507 e. The first-order valence-corrected chi connectivity index (χ1v) is 6.71. The molecule has 100 valence electrons. The summed E-state index contributed by atoms with van der Waals surface area (Å²) in [6.45, 7) is 1.33. The number of epoxide rings is 1. The van der Waals surface area contributed by atoms with Crippen LogP contribution in [-0.4, -0.2) is 24.4 Å². The SMILES string of the molecule is Oc1c2ccccc2c(OCC2CO2)c2ccccc12. The first kappa shape index (κ1) is 11.6. The number of hydrogen-bond donors (Lipinski definition) is 1. The van der Waals surface area contributed by atoms with Crippen LogP contribution in [0.25, 0.3) is 21.5 Å². The highest BCUT2D eigenvalue weighted by atomic mass is 16.6. The number of ether oxygens (including phenoxy) is 2. The Labute approximate surface area is 116 Å². The number of hydrogen-bond acceptors (Lipinski definition) is 3. The van der Waals surface area contributed by atoms with Crippen LogP contribution in [-0.2, 0) is 4.74 Å². The Morgan fingerprint density at radius 1 is 0.950 bits per heavy atom. The monoisotopic (exact) mass is 266 g/mol. The lowest BCUT2D eigenvalue weighted by Gasteiger charge is -2.14. The van der Waals surface area contributed by atoms with Gasteiger partial charge in [0.2, 0.25) is 0 Å². The summed E-state index contributed by atoms with van der Waals surface area (Å²) in [6, 6.07) is 15.5. The standard InChI is InChI=1S/C17H14O3/c18-16-12-5-1-3-7-14(12)17(20-10-11-9-19-11)15-8-4-2-6-13(15)16/h1-8,11,18H,9-10H2. The Kier molecular flexibility index (Phi) is 2.54. The molecule has 1 unspecified atom stereocenters. The van der Waals surface area contributed by atoms with Crippen LogP contribution in [0.4, 0.5) is 0 Å². The molecule has 3 nitrogen and oxygen atoms in total. The summed E-state index contributed by atoms with van der Waals surface area (Å²) >= 11 is 0. The van der Waals surface area contributed by atoms with Crippen LogP contribution in [0.1, 0.15) is 0 Å². The van der Waals surface area contributed by atoms with Gasteiger partial charge in [0, 0.05) is 21.5 Å². The molecular formula is C17H14O3. The van der Waals surface area contributed by atoms with Crippen molar-refractivity contribution in [3.8, 4) is 11.5 Å². The second-order valence-electron chi connectivity index (χ2n) is 5.04. The molecular weight excluding hydrogens is 252 g/mol. The highest BCUT2D eigenvalue weighted by Gasteiger charge is 2.24. The van der Waals surface area contributed by atoms with Crippen molar-refractivity contribution in [2.45, 2.75) is 6.10 Å².